The van der Waals surface area contributed by atoms with Crippen LogP contribution < -0.4 is 0 Å². The summed E-state index contributed by atoms with van der Waals surface area (Å²) in [5.41, 5.74) is 0. The Bertz CT molecular complexity index is 193. The summed E-state index contributed by atoms with van der Waals surface area (Å²) in [6, 6.07) is 0. The van der Waals surface area contributed by atoms with Gasteiger partial charge in [-0.2, -0.15) is 0 Å². The Labute approximate surface area is 104 Å². The Morgan fingerprint density at radius 2 is 1.56 bits per heavy atom. The predicted molar refractivity (Wildman–Crippen MR) is 76.4 cm³/mol. The molecule has 98 valence electrons. The molecule has 0 rings (SSSR count). The van der Waals surface area contributed by atoms with Gasteiger partial charge in [0.15, 0.2) is 8.32 Å². The summed E-state index contributed by atoms with van der Waals surface area (Å²) in [6.07, 6.45) is 2.58. The third kappa shape index (κ3) is 5.49. The Morgan fingerprint density at radius 1 is 1.06 bits per heavy atom. The third-order valence-electron chi connectivity index (χ3n) is 4.04. The molecule has 0 aromatic heterocycles. The van der Waals surface area contributed by atoms with E-state index in [1.807, 2.05) is 0 Å². The van der Waals surface area contributed by atoms with E-state index in [0.717, 1.165) is 12.5 Å². The van der Waals surface area contributed by atoms with Gasteiger partial charge in [0.1, 0.15) is 0 Å². The van der Waals surface area contributed by atoms with Crippen molar-refractivity contribution < 1.29 is 4.43 Å². The zero-order valence-corrected chi connectivity index (χ0v) is 13.7. The van der Waals surface area contributed by atoms with Crippen LogP contribution in [0, 0.1) is 11.8 Å². The summed E-state index contributed by atoms with van der Waals surface area (Å²) in [4.78, 5) is 0. The van der Waals surface area contributed by atoms with E-state index in [4.69, 9.17) is 4.43 Å². The standard InChI is InChI=1S/C14H32OSi/c1-9-12(2)10-13(3)11-15-16(7,8)14(4,5)6/h12-13H,9-11H2,1-8H3/t12-,13-/m1/s1. The van der Waals surface area contributed by atoms with Gasteiger partial charge in [-0.3, -0.25) is 0 Å². The molecule has 0 N–H and O–H groups in total. The summed E-state index contributed by atoms with van der Waals surface area (Å²) < 4.78 is 6.24. The first kappa shape index (κ1) is 16.2. The average Bonchev–Trinajstić information content (AvgIpc) is 2.13. The van der Waals surface area contributed by atoms with E-state index in [1.165, 1.54) is 12.8 Å². The molecule has 0 radical (unpaired) electrons. The molecule has 2 heteroatoms. The molecule has 0 saturated carbocycles. The zero-order valence-electron chi connectivity index (χ0n) is 12.7. The van der Waals surface area contributed by atoms with Crippen LogP contribution in [0.1, 0.15) is 54.4 Å². The molecule has 0 aliphatic rings. The second-order valence-electron chi connectivity index (χ2n) is 6.93. The maximum Gasteiger partial charge on any atom is 0.191 e. The Balaban J connectivity index is 4.05. The quantitative estimate of drug-likeness (QED) is 0.592. The average molecular weight is 244 g/mol. The van der Waals surface area contributed by atoms with Crippen molar-refractivity contribution in [3.63, 3.8) is 0 Å². The lowest BCUT2D eigenvalue weighted by Gasteiger charge is -2.37. The Kier molecular flexibility index (Phi) is 6.27. The number of hydrogen-bond acceptors (Lipinski definition) is 1. The lowest BCUT2D eigenvalue weighted by molar-refractivity contribution is 0.216. The van der Waals surface area contributed by atoms with Gasteiger partial charge in [-0.25, -0.2) is 0 Å². The van der Waals surface area contributed by atoms with E-state index in [9.17, 15) is 0 Å². The van der Waals surface area contributed by atoms with Crippen LogP contribution >= 0.6 is 0 Å². The van der Waals surface area contributed by atoms with Gasteiger partial charge in [0.05, 0.1) is 0 Å². The molecule has 16 heavy (non-hydrogen) atoms. The van der Waals surface area contributed by atoms with Crippen LogP contribution in [0.5, 0.6) is 0 Å². The van der Waals surface area contributed by atoms with Crippen LogP contribution in [0.2, 0.25) is 18.1 Å². The minimum absolute atomic E-state index is 0.336. The molecule has 0 aromatic carbocycles. The molecule has 0 aliphatic carbocycles. The molecule has 0 heterocycles. The van der Waals surface area contributed by atoms with E-state index in [0.29, 0.717) is 11.0 Å². The molecule has 0 aromatic rings. The Morgan fingerprint density at radius 3 is 1.94 bits per heavy atom. The monoisotopic (exact) mass is 244 g/mol. The first-order valence-corrected chi connectivity index (χ1v) is 9.65. The summed E-state index contributed by atoms with van der Waals surface area (Å²) in [5, 5.41) is 0.336. The summed E-state index contributed by atoms with van der Waals surface area (Å²) in [6.45, 7) is 19.5. The van der Waals surface area contributed by atoms with Gasteiger partial charge in [-0.15, -0.1) is 0 Å². The van der Waals surface area contributed by atoms with Gasteiger partial charge < -0.3 is 4.43 Å². The van der Waals surface area contributed by atoms with Crippen LogP contribution in [0.15, 0.2) is 0 Å². The lowest BCUT2D eigenvalue weighted by Crippen LogP contribution is -2.41. The maximum atomic E-state index is 6.24. The van der Waals surface area contributed by atoms with Crippen molar-refractivity contribution in [3.8, 4) is 0 Å². The van der Waals surface area contributed by atoms with Crippen LogP contribution in [0.25, 0.3) is 0 Å². The first-order valence-electron chi connectivity index (χ1n) is 6.74. The minimum Gasteiger partial charge on any atom is -0.417 e. The lowest BCUT2D eigenvalue weighted by atomic mass is 9.96. The fraction of sp³-hybridized carbons (Fsp3) is 1.00. The second kappa shape index (κ2) is 6.20. The summed E-state index contributed by atoms with van der Waals surface area (Å²) >= 11 is 0. The van der Waals surface area contributed by atoms with Gasteiger partial charge in [-0.1, -0.05) is 48.0 Å². The van der Waals surface area contributed by atoms with E-state index in [-0.39, 0.29) is 0 Å². The fourth-order valence-electron chi connectivity index (χ4n) is 1.49. The van der Waals surface area contributed by atoms with Crippen LogP contribution in [-0.4, -0.2) is 14.9 Å². The molecule has 0 fully saturated rings. The molecule has 1 nitrogen and oxygen atoms in total. The van der Waals surface area contributed by atoms with Crippen LogP contribution in [0.3, 0.4) is 0 Å². The molecular weight excluding hydrogens is 212 g/mol. The van der Waals surface area contributed by atoms with Crippen molar-refractivity contribution in [2.75, 3.05) is 6.61 Å². The highest BCUT2D eigenvalue weighted by molar-refractivity contribution is 6.74. The third-order valence-corrected chi connectivity index (χ3v) is 8.54. The van der Waals surface area contributed by atoms with E-state index < -0.39 is 8.32 Å². The molecule has 0 spiro atoms. The van der Waals surface area contributed by atoms with E-state index >= 15 is 0 Å². The van der Waals surface area contributed by atoms with Crippen molar-refractivity contribution in [1.82, 2.24) is 0 Å². The topological polar surface area (TPSA) is 9.23 Å². The minimum atomic E-state index is -1.53. The largest absolute Gasteiger partial charge is 0.417 e. The van der Waals surface area contributed by atoms with Crippen molar-refractivity contribution >= 4 is 8.32 Å². The molecule has 0 aliphatic heterocycles. The highest BCUT2D eigenvalue weighted by Crippen LogP contribution is 2.37. The molecule has 0 amide bonds. The van der Waals surface area contributed by atoms with Crippen molar-refractivity contribution in [2.24, 2.45) is 11.8 Å². The van der Waals surface area contributed by atoms with Crippen LogP contribution in [0.4, 0.5) is 0 Å². The maximum absolute atomic E-state index is 6.24. The predicted octanol–water partition coefficient (Wildman–Crippen LogP) is 5.08. The molecule has 0 saturated heterocycles. The summed E-state index contributed by atoms with van der Waals surface area (Å²) in [5.74, 6) is 1.53. The van der Waals surface area contributed by atoms with E-state index in [1.54, 1.807) is 0 Å². The van der Waals surface area contributed by atoms with Crippen molar-refractivity contribution in [3.05, 3.63) is 0 Å². The van der Waals surface area contributed by atoms with Crippen molar-refractivity contribution in [1.29, 1.82) is 0 Å². The molecule has 0 bridgehead atoms. The van der Waals surface area contributed by atoms with Gasteiger partial charge >= 0.3 is 0 Å². The van der Waals surface area contributed by atoms with Gasteiger partial charge in [-0.05, 0) is 36.4 Å². The van der Waals surface area contributed by atoms with Gasteiger partial charge in [0.2, 0.25) is 0 Å². The smallest absolute Gasteiger partial charge is 0.191 e. The highest BCUT2D eigenvalue weighted by atomic mass is 28.4. The SMILES string of the molecule is CC[C@@H](C)C[C@@H](C)CO[Si](C)(C)C(C)(C)C. The fourth-order valence-corrected chi connectivity index (χ4v) is 2.62. The van der Waals surface area contributed by atoms with Crippen molar-refractivity contribution in [2.45, 2.75) is 72.5 Å². The Hall–Kier alpha value is 0.177. The van der Waals surface area contributed by atoms with Crippen LogP contribution in [-0.2, 0) is 4.43 Å². The van der Waals surface area contributed by atoms with E-state index in [2.05, 4.69) is 54.6 Å². The summed E-state index contributed by atoms with van der Waals surface area (Å²) in [7, 11) is -1.53. The first-order chi connectivity index (χ1) is 7.10. The molecule has 0 unspecified atom stereocenters. The highest BCUT2D eigenvalue weighted by Gasteiger charge is 2.37. The second-order valence-corrected chi connectivity index (χ2v) is 11.7. The molecule has 2 atom stereocenters. The zero-order chi connectivity index (χ0) is 13.0. The number of rotatable bonds is 6. The van der Waals surface area contributed by atoms with Gasteiger partial charge in [0.25, 0.3) is 0 Å². The normalized spacial score (nSPS) is 17.2. The molecular formula is C14H32OSi. The number of hydrogen-bond donors (Lipinski definition) is 0. The van der Waals surface area contributed by atoms with Gasteiger partial charge in [0, 0.05) is 6.61 Å².